The molecule has 0 saturated carbocycles. The van der Waals surface area contributed by atoms with E-state index in [-0.39, 0.29) is 19.8 Å². The summed E-state index contributed by atoms with van der Waals surface area (Å²) in [5.41, 5.74) is 1.53. The van der Waals surface area contributed by atoms with E-state index in [9.17, 15) is 12.8 Å². The van der Waals surface area contributed by atoms with Crippen molar-refractivity contribution >= 4 is 43.9 Å². The van der Waals surface area contributed by atoms with Crippen molar-refractivity contribution in [2.24, 2.45) is 0 Å². The number of rotatable bonds is 2. The molecule has 0 aliphatic carbocycles. The van der Waals surface area contributed by atoms with Gasteiger partial charge in [0, 0.05) is 11.6 Å². The number of pyridine rings is 1. The lowest BCUT2D eigenvalue weighted by atomic mass is 10.1. The predicted molar refractivity (Wildman–Crippen MR) is 88.4 cm³/mol. The van der Waals surface area contributed by atoms with Gasteiger partial charge in [0.05, 0.1) is 20.5 Å². The van der Waals surface area contributed by atoms with Crippen molar-refractivity contribution in [2.45, 2.75) is 16.7 Å². The van der Waals surface area contributed by atoms with Crippen LogP contribution in [0.5, 0.6) is 0 Å². The minimum Gasteiger partial charge on any atom is -0.255 e. The van der Waals surface area contributed by atoms with Crippen LogP contribution in [0.2, 0.25) is 10.0 Å². The first-order valence-corrected chi connectivity index (χ1v) is 8.79. The molecule has 2 aromatic carbocycles. The van der Waals surface area contributed by atoms with Crippen LogP contribution in [0.3, 0.4) is 0 Å². The summed E-state index contributed by atoms with van der Waals surface area (Å²) in [5.74, 6) is -0.691. The molecule has 3 aromatic rings. The molecular formula is C16H10Cl2FNO2S. The Labute approximate surface area is 142 Å². The second-order valence-electron chi connectivity index (χ2n) is 5.04. The number of aryl methyl sites for hydroxylation is 1. The zero-order valence-corrected chi connectivity index (χ0v) is 14.2. The molecule has 3 nitrogen and oxygen atoms in total. The van der Waals surface area contributed by atoms with Crippen molar-refractivity contribution in [2.75, 3.05) is 0 Å². The van der Waals surface area contributed by atoms with Gasteiger partial charge < -0.3 is 0 Å². The summed E-state index contributed by atoms with van der Waals surface area (Å²) >= 11 is 12.0. The van der Waals surface area contributed by atoms with Crippen molar-refractivity contribution in [1.82, 2.24) is 4.98 Å². The average Bonchev–Trinajstić information content (AvgIpc) is 2.50. The van der Waals surface area contributed by atoms with Gasteiger partial charge in [-0.2, -0.15) is 0 Å². The largest absolute Gasteiger partial charge is 0.255 e. The summed E-state index contributed by atoms with van der Waals surface area (Å²) in [5, 5.41) is 0.354. The van der Waals surface area contributed by atoms with Gasteiger partial charge in [-0.25, -0.2) is 12.8 Å². The van der Waals surface area contributed by atoms with Gasteiger partial charge in [-0.1, -0.05) is 34.8 Å². The minimum absolute atomic E-state index is 0.0825. The fraction of sp³-hybridized carbons (Fsp3) is 0.0625. The van der Waals surface area contributed by atoms with Gasteiger partial charge in [0.15, 0.2) is 0 Å². The summed E-state index contributed by atoms with van der Waals surface area (Å²) < 4.78 is 38.7. The Kier molecular flexibility index (Phi) is 4.04. The Morgan fingerprint density at radius 2 is 1.83 bits per heavy atom. The molecule has 0 aliphatic rings. The lowest BCUT2D eigenvalue weighted by molar-refractivity contribution is 0.594. The molecule has 118 valence electrons. The first kappa shape index (κ1) is 16.2. The Morgan fingerprint density at radius 1 is 1.09 bits per heavy atom. The highest BCUT2D eigenvalue weighted by Gasteiger charge is 2.24. The maximum absolute atomic E-state index is 13.3. The zero-order valence-electron chi connectivity index (χ0n) is 11.8. The molecule has 3 rings (SSSR count). The van der Waals surface area contributed by atoms with Gasteiger partial charge in [-0.05, 0) is 37.3 Å². The van der Waals surface area contributed by atoms with Crippen LogP contribution in [-0.2, 0) is 9.84 Å². The predicted octanol–water partition coefficient (Wildman–Crippen LogP) is 4.82. The van der Waals surface area contributed by atoms with Gasteiger partial charge in [0.25, 0.3) is 0 Å². The lowest BCUT2D eigenvalue weighted by Gasteiger charge is -2.09. The van der Waals surface area contributed by atoms with E-state index in [1.165, 1.54) is 6.20 Å². The van der Waals surface area contributed by atoms with E-state index in [1.54, 1.807) is 12.1 Å². The second kappa shape index (κ2) is 5.74. The van der Waals surface area contributed by atoms with E-state index in [4.69, 9.17) is 23.2 Å². The minimum atomic E-state index is -3.96. The Balaban J connectivity index is 2.26. The molecule has 0 radical (unpaired) electrons. The fourth-order valence-electron chi connectivity index (χ4n) is 2.21. The Hall–Kier alpha value is -1.69. The lowest BCUT2D eigenvalue weighted by Crippen LogP contribution is -2.04. The maximum atomic E-state index is 13.3. The van der Waals surface area contributed by atoms with Crippen LogP contribution in [0, 0.1) is 12.7 Å². The third-order valence-electron chi connectivity index (χ3n) is 3.42. The molecule has 0 unspecified atom stereocenters. The zero-order chi connectivity index (χ0) is 16.8. The van der Waals surface area contributed by atoms with Crippen LogP contribution >= 0.6 is 23.2 Å². The third-order valence-corrected chi connectivity index (χ3v) is 5.99. The van der Waals surface area contributed by atoms with Crippen molar-refractivity contribution in [3.63, 3.8) is 0 Å². The molecule has 0 N–H and O–H groups in total. The van der Waals surface area contributed by atoms with Crippen LogP contribution < -0.4 is 0 Å². The first-order chi connectivity index (χ1) is 10.8. The van der Waals surface area contributed by atoms with Gasteiger partial charge in [-0.3, -0.25) is 4.98 Å². The normalized spacial score (nSPS) is 11.8. The van der Waals surface area contributed by atoms with Crippen molar-refractivity contribution in [3.8, 4) is 0 Å². The van der Waals surface area contributed by atoms with Crippen molar-refractivity contribution in [1.29, 1.82) is 0 Å². The fourth-order valence-corrected chi connectivity index (χ4v) is 4.28. The van der Waals surface area contributed by atoms with E-state index in [0.717, 1.165) is 23.8 Å². The quantitative estimate of drug-likeness (QED) is 0.608. The number of halogens is 3. The van der Waals surface area contributed by atoms with Gasteiger partial charge in [-0.15, -0.1) is 0 Å². The van der Waals surface area contributed by atoms with E-state index >= 15 is 0 Å². The smallest absolute Gasteiger partial charge is 0.209 e. The third kappa shape index (κ3) is 2.80. The standard InChI is InChI=1S/C16H10Cl2FNO2S/c1-9-2-5-14-11(6-9)16(18)15(8-20-14)23(21,22)10-3-4-13(19)12(17)7-10/h2-8H,1H3. The van der Waals surface area contributed by atoms with Crippen LogP contribution in [0.25, 0.3) is 10.9 Å². The van der Waals surface area contributed by atoms with E-state index in [0.29, 0.717) is 10.9 Å². The molecule has 0 saturated heterocycles. The number of aromatic nitrogens is 1. The molecule has 7 heteroatoms. The highest BCUT2D eigenvalue weighted by molar-refractivity contribution is 7.91. The number of sulfone groups is 1. The topological polar surface area (TPSA) is 47.0 Å². The van der Waals surface area contributed by atoms with E-state index in [2.05, 4.69) is 4.98 Å². The number of hydrogen-bond acceptors (Lipinski definition) is 3. The molecular weight excluding hydrogens is 360 g/mol. The highest BCUT2D eigenvalue weighted by atomic mass is 35.5. The van der Waals surface area contributed by atoms with E-state index in [1.807, 2.05) is 13.0 Å². The molecule has 0 spiro atoms. The van der Waals surface area contributed by atoms with Gasteiger partial charge >= 0.3 is 0 Å². The van der Waals surface area contributed by atoms with Crippen LogP contribution in [0.15, 0.2) is 52.4 Å². The van der Waals surface area contributed by atoms with Crippen LogP contribution in [0.1, 0.15) is 5.56 Å². The molecule has 0 bridgehead atoms. The molecule has 0 fully saturated rings. The van der Waals surface area contributed by atoms with Crippen molar-refractivity contribution in [3.05, 3.63) is 64.0 Å². The summed E-state index contributed by atoms with van der Waals surface area (Å²) in [4.78, 5) is 3.87. The molecule has 0 aliphatic heterocycles. The van der Waals surface area contributed by atoms with Gasteiger partial charge in [0.2, 0.25) is 9.84 Å². The Bertz CT molecular complexity index is 1040. The number of benzene rings is 2. The van der Waals surface area contributed by atoms with Crippen LogP contribution in [-0.4, -0.2) is 13.4 Å². The van der Waals surface area contributed by atoms with Gasteiger partial charge in [0.1, 0.15) is 10.7 Å². The van der Waals surface area contributed by atoms with Crippen molar-refractivity contribution < 1.29 is 12.8 Å². The molecule has 0 amide bonds. The highest BCUT2D eigenvalue weighted by Crippen LogP contribution is 2.33. The average molecular weight is 370 g/mol. The number of hydrogen-bond donors (Lipinski definition) is 0. The van der Waals surface area contributed by atoms with Crippen LogP contribution in [0.4, 0.5) is 4.39 Å². The number of fused-ring (bicyclic) bond motifs is 1. The summed E-state index contributed by atoms with van der Waals surface area (Å²) in [6.07, 6.45) is 1.20. The summed E-state index contributed by atoms with van der Waals surface area (Å²) in [6.45, 7) is 1.87. The molecule has 1 heterocycles. The number of nitrogens with zero attached hydrogens (tertiary/aromatic N) is 1. The SMILES string of the molecule is Cc1ccc2ncc(S(=O)(=O)c3ccc(F)c(Cl)c3)c(Cl)c2c1. The molecule has 1 aromatic heterocycles. The summed E-state index contributed by atoms with van der Waals surface area (Å²) in [7, 11) is -3.96. The summed E-state index contributed by atoms with van der Waals surface area (Å²) in [6, 6.07) is 8.60. The molecule has 0 atom stereocenters. The second-order valence-corrected chi connectivity index (χ2v) is 7.74. The first-order valence-electron chi connectivity index (χ1n) is 6.56. The Morgan fingerprint density at radius 3 is 2.52 bits per heavy atom. The van der Waals surface area contributed by atoms with E-state index < -0.39 is 15.7 Å². The monoisotopic (exact) mass is 369 g/mol. The molecule has 23 heavy (non-hydrogen) atoms. The maximum Gasteiger partial charge on any atom is 0.209 e.